The van der Waals surface area contributed by atoms with Gasteiger partial charge in [0.05, 0.1) is 48.8 Å². The number of hydrogen-bond donors (Lipinski definition) is 11. The topological polar surface area (TPSA) is 371 Å². The molecular weight excluding hydrogens is 1080 g/mol. The third-order valence-corrected chi connectivity index (χ3v) is 21.6. The number of fused-ring (bicyclic) bond motifs is 7. The largest absolute Gasteiger partial charge is 1.00 e. The van der Waals surface area contributed by atoms with Crippen molar-refractivity contribution in [1.29, 1.82) is 0 Å². The molecule has 3 aliphatic heterocycles. The monoisotopic (exact) mass is 1160 g/mol. The number of carboxylic acid groups (broad SMARTS) is 1. The smallest absolute Gasteiger partial charge is 0.547 e. The summed E-state index contributed by atoms with van der Waals surface area (Å²) >= 11 is 0. The molecular formula is C57H89NaO23. The summed E-state index contributed by atoms with van der Waals surface area (Å²) < 4.78 is 48.4. The molecule has 0 aromatic heterocycles. The van der Waals surface area contributed by atoms with Crippen molar-refractivity contribution in [3.63, 3.8) is 0 Å². The van der Waals surface area contributed by atoms with Gasteiger partial charge >= 0.3 is 41.5 Å². The molecule has 8 rings (SSSR count). The number of aliphatic hydroxyl groups excluding tert-OH is 11. The van der Waals surface area contributed by atoms with E-state index in [1.165, 1.54) is 0 Å². The molecule has 7 fully saturated rings. The molecule has 27 atom stereocenters. The minimum atomic E-state index is -2.19. The number of carbonyl (C=O) groups is 3. The Bertz CT molecular complexity index is 2330. The Balaban J connectivity index is 0.00000946. The number of allylic oxidation sites excluding steroid dienone is 2. The fourth-order valence-electron chi connectivity index (χ4n) is 16.2. The van der Waals surface area contributed by atoms with E-state index in [9.17, 15) is 75.7 Å². The Morgan fingerprint density at radius 2 is 1.32 bits per heavy atom. The molecule has 4 saturated carbocycles. The zero-order chi connectivity index (χ0) is 59.3. The van der Waals surface area contributed by atoms with Crippen molar-refractivity contribution < 1.29 is 143 Å². The molecule has 24 heteroatoms. The summed E-state index contributed by atoms with van der Waals surface area (Å²) in [6, 6.07) is 0. The summed E-state index contributed by atoms with van der Waals surface area (Å²) in [5.41, 5.74) is -4.61. The first-order valence-corrected chi connectivity index (χ1v) is 28.5. The van der Waals surface area contributed by atoms with Crippen LogP contribution in [-0.2, 0) is 52.3 Å². The number of esters is 2. The van der Waals surface area contributed by atoms with Gasteiger partial charge in [-0.2, -0.15) is 0 Å². The van der Waals surface area contributed by atoms with Crippen LogP contribution in [-0.4, -0.2) is 210 Å². The van der Waals surface area contributed by atoms with E-state index >= 15 is 0 Å². The van der Waals surface area contributed by atoms with Gasteiger partial charge in [0.1, 0.15) is 86.0 Å². The molecule has 23 nitrogen and oxygen atoms in total. The number of aliphatic carboxylic acids is 1. The minimum absolute atomic E-state index is 0. The van der Waals surface area contributed by atoms with Crippen LogP contribution in [0.4, 0.5) is 0 Å². The van der Waals surface area contributed by atoms with Crippen LogP contribution in [0.15, 0.2) is 23.3 Å². The number of aliphatic hydroxyl groups is 11. The standard InChI is InChI=1S/C57H90O23.Na/c1-12-24(3)47(71)73-23-57-27(20-52(5,6)45(44(57)68)80-48(72)25(4)13-2)26-14-15-31-54(9)18-17-32(53(7,8)30(54)16-19-55(31,10)56(26,11)42(66)43(57)67)76-51-41(79-50-37(64)35(62)33(60)28(21-58)74-50)39(38(65)40(78-51)46(69)70)77-49-36(63)34(61)29(22-59)75-49;/h13-14,24,27-45,49-51,58-68H,12,15-23H2,1-11H3,(H,69,70);/q;+1/p-1/b25-13-;/t24?,27?,28?,29-,30?,31?,32+,33+,34?,35+,36+,37?,38-,39+,40?,41?,42+,43-,44+,45+,49+,50+,51-,54+,55-,56+,57+;/m1./s1. The predicted molar refractivity (Wildman–Crippen MR) is 274 cm³/mol. The van der Waals surface area contributed by atoms with Crippen LogP contribution >= 0.6 is 0 Å². The van der Waals surface area contributed by atoms with Crippen molar-refractivity contribution in [2.75, 3.05) is 19.8 Å². The molecule has 0 bridgehead atoms. The number of carboxylic acids is 1. The SMILES string of the molecule is C/C=C(/C)C(=O)O[C@H]1[C@H](O)[C@@]2(COC(=O)C(C)CC)C(CC1(C)C)C1=CCC3[C@@]4(C)CC[C@H](O[C@@H]5OC(C(=O)[O-])[C@H](O)[C@H](O[C@@H]6O[C@H](CO)C(O)[C@@H]6O)C5O[C@@H]5OC(CO)[C@H](O)[C@H](O)C5O)C(C)(C)C4CC[C@@]3(C)[C@]1(C)[C@@H](O)[C@H]2O.[Na+]. The van der Waals surface area contributed by atoms with Gasteiger partial charge in [-0.25, -0.2) is 4.79 Å². The Morgan fingerprint density at radius 3 is 1.89 bits per heavy atom. The van der Waals surface area contributed by atoms with E-state index in [1.807, 2.05) is 41.5 Å². The summed E-state index contributed by atoms with van der Waals surface area (Å²) in [5, 5.41) is 137. The van der Waals surface area contributed by atoms with Crippen molar-refractivity contribution >= 4 is 17.9 Å². The zero-order valence-electron chi connectivity index (χ0n) is 48.8. The molecule has 3 saturated heterocycles. The van der Waals surface area contributed by atoms with Gasteiger partial charge in [-0.1, -0.05) is 80.0 Å². The van der Waals surface area contributed by atoms with E-state index in [0.717, 1.165) is 5.57 Å². The number of ether oxygens (including phenoxy) is 8. The van der Waals surface area contributed by atoms with E-state index in [2.05, 4.69) is 19.9 Å². The van der Waals surface area contributed by atoms with Crippen LogP contribution in [0.1, 0.15) is 121 Å². The summed E-state index contributed by atoms with van der Waals surface area (Å²) in [6.45, 7) is 18.9. The fraction of sp³-hybridized carbons (Fsp3) is 0.877. The Labute approximate surface area is 495 Å². The van der Waals surface area contributed by atoms with E-state index < -0.39 is 199 Å². The summed E-state index contributed by atoms with van der Waals surface area (Å²) in [4.78, 5) is 39.7. The maximum absolute atomic E-state index is 13.5. The molecule has 456 valence electrons. The van der Waals surface area contributed by atoms with E-state index in [1.54, 1.807) is 26.8 Å². The van der Waals surface area contributed by atoms with Crippen molar-refractivity contribution in [2.45, 2.75) is 238 Å². The first kappa shape index (κ1) is 66.7. The first-order valence-electron chi connectivity index (χ1n) is 28.5. The molecule has 9 unspecified atom stereocenters. The molecule has 0 aromatic carbocycles. The van der Waals surface area contributed by atoms with Crippen molar-refractivity contribution in [2.24, 2.45) is 56.2 Å². The van der Waals surface area contributed by atoms with E-state index in [0.29, 0.717) is 50.5 Å². The maximum atomic E-state index is 13.5. The predicted octanol–water partition coefficient (Wildman–Crippen LogP) is -3.99. The minimum Gasteiger partial charge on any atom is -0.547 e. The van der Waals surface area contributed by atoms with Crippen molar-refractivity contribution in [1.82, 2.24) is 0 Å². The molecule has 0 spiro atoms. The van der Waals surface area contributed by atoms with Crippen LogP contribution in [0, 0.1) is 56.2 Å². The molecule has 3 heterocycles. The van der Waals surface area contributed by atoms with E-state index in [4.69, 9.17) is 37.9 Å². The summed E-state index contributed by atoms with van der Waals surface area (Å²) in [6.07, 6.45) is -25.6. The Hall–Kier alpha value is -1.79. The number of hydrogen-bond acceptors (Lipinski definition) is 23. The quantitative estimate of drug-likeness (QED) is 0.0245. The van der Waals surface area contributed by atoms with Gasteiger partial charge in [0, 0.05) is 16.4 Å². The average Bonchev–Trinajstić information content (AvgIpc) is 2.06. The third kappa shape index (κ3) is 10.8. The van der Waals surface area contributed by atoms with Gasteiger partial charge in [-0.15, -0.1) is 0 Å². The second kappa shape index (κ2) is 24.4. The van der Waals surface area contributed by atoms with Gasteiger partial charge in [0.15, 0.2) is 18.9 Å². The van der Waals surface area contributed by atoms with Gasteiger partial charge in [0.25, 0.3) is 0 Å². The normalized spacial score (nSPS) is 48.6. The molecule has 0 amide bonds. The Kier molecular flexibility index (Phi) is 20.1. The second-order valence-corrected chi connectivity index (χ2v) is 26.4. The molecule has 0 radical (unpaired) electrons. The first-order chi connectivity index (χ1) is 37.3. The van der Waals surface area contributed by atoms with Crippen molar-refractivity contribution in [3.8, 4) is 0 Å². The van der Waals surface area contributed by atoms with E-state index in [-0.39, 0.29) is 41.4 Å². The number of carbonyl (C=O) groups excluding carboxylic acids is 3. The van der Waals surface area contributed by atoms with Gasteiger partial charge < -0.3 is 104 Å². The molecule has 81 heavy (non-hydrogen) atoms. The van der Waals surface area contributed by atoms with Gasteiger partial charge in [-0.3, -0.25) is 4.79 Å². The summed E-state index contributed by atoms with van der Waals surface area (Å²) in [5.74, 6) is -4.55. The molecule has 5 aliphatic carbocycles. The van der Waals surface area contributed by atoms with Crippen molar-refractivity contribution in [3.05, 3.63) is 23.3 Å². The van der Waals surface area contributed by atoms with Crippen LogP contribution < -0.4 is 34.7 Å². The second-order valence-electron chi connectivity index (χ2n) is 26.4. The molecule has 8 aliphatic rings. The zero-order valence-corrected chi connectivity index (χ0v) is 50.8. The van der Waals surface area contributed by atoms with Crippen LogP contribution in [0.2, 0.25) is 0 Å². The number of rotatable bonds is 15. The van der Waals surface area contributed by atoms with Gasteiger partial charge in [0.2, 0.25) is 0 Å². The van der Waals surface area contributed by atoms with Gasteiger partial charge in [-0.05, 0) is 92.8 Å². The Morgan fingerprint density at radius 1 is 0.741 bits per heavy atom. The summed E-state index contributed by atoms with van der Waals surface area (Å²) in [7, 11) is 0. The van der Waals surface area contributed by atoms with Crippen LogP contribution in [0.25, 0.3) is 0 Å². The van der Waals surface area contributed by atoms with Crippen LogP contribution in [0.5, 0.6) is 0 Å². The third-order valence-electron chi connectivity index (χ3n) is 21.6. The maximum Gasteiger partial charge on any atom is 1.00 e. The van der Waals surface area contributed by atoms with Crippen LogP contribution in [0.3, 0.4) is 0 Å². The fourth-order valence-corrected chi connectivity index (χ4v) is 16.2. The molecule has 11 N–H and O–H groups in total. The average molecular weight is 1170 g/mol. The molecule has 0 aromatic rings.